The summed E-state index contributed by atoms with van der Waals surface area (Å²) in [5.74, 6) is 1.13. The molecule has 403 valence electrons. The number of nitro benzene ring substituents is 1. The molecule has 2 aromatic carbocycles. The number of non-ortho nitro benzene ring substituents is 1. The molecule has 0 atom stereocenters. The summed E-state index contributed by atoms with van der Waals surface area (Å²) in [5.41, 5.74) is 14.9. The number of nitro groups is 1. The number of nitrogens with zero attached hydrogens (tertiary/aromatic N) is 9. The van der Waals surface area contributed by atoms with Crippen LogP contribution in [0.5, 0.6) is 0 Å². The second-order valence-electron chi connectivity index (χ2n) is 11.6. The van der Waals surface area contributed by atoms with Crippen LogP contribution in [-0.2, 0) is 9.47 Å². The summed E-state index contributed by atoms with van der Waals surface area (Å²) in [6.45, 7) is 37.5. The molecule has 8 aromatic rings. The average Bonchev–Trinajstić information content (AvgIpc) is 4.04. The van der Waals surface area contributed by atoms with Gasteiger partial charge in [-0.1, -0.05) is 155 Å². The van der Waals surface area contributed by atoms with Crippen molar-refractivity contribution < 1.29 is 14.4 Å². The van der Waals surface area contributed by atoms with Gasteiger partial charge >= 0.3 is 49.4 Å². The second-order valence-corrected chi connectivity index (χ2v) is 23.4. The van der Waals surface area contributed by atoms with Gasteiger partial charge < -0.3 is 16.4 Å². The maximum absolute atomic E-state index is 11.2. The van der Waals surface area contributed by atoms with E-state index in [1.165, 1.54) is 12.1 Å². The Labute approximate surface area is 479 Å². The summed E-state index contributed by atoms with van der Waals surface area (Å²) in [7, 11) is 0.628. The van der Waals surface area contributed by atoms with Gasteiger partial charge in [-0.25, -0.2) is 29.0 Å². The molecular formula is C55H86B2I2N12O2V. The summed E-state index contributed by atoms with van der Waals surface area (Å²) in [6, 6.07) is 29.6. The normalized spacial score (nSPS) is 8.49. The van der Waals surface area contributed by atoms with Crippen molar-refractivity contribution in [1.29, 1.82) is 0 Å². The Kier molecular flexibility index (Phi) is 55.8. The second kappa shape index (κ2) is 51.4. The molecular weight excluding hydrogens is 1190 g/mol. The zero-order chi connectivity index (χ0) is 54.7. The molecule has 0 saturated heterocycles. The first-order chi connectivity index (χ1) is 34.8. The molecule has 0 aliphatic rings. The van der Waals surface area contributed by atoms with Crippen molar-refractivity contribution in [2.75, 3.05) is 29.5 Å². The quantitative estimate of drug-likeness (QED) is 0.0412. The third-order valence-corrected chi connectivity index (χ3v) is 8.06. The first-order valence-corrected chi connectivity index (χ1v) is 34.0. The van der Waals surface area contributed by atoms with Crippen molar-refractivity contribution in [2.45, 2.75) is 132 Å². The van der Waals surface area contributed by atoms with Crippen LogP contribution in [-0.4, -0.2) is 74.0 Å². The molecule has 4 N–H and O–H groups in total. The van der Waals surface area contributed by atoms with Crippen molar-refractivity contribution in [1.82, 2.24) is 39.2 Å². The number of nitrogens with one attached hydrogen (secondary N) is 2. The third kappa shape index (κ3) is 25.5. The number of nitrogen functional groups attached to an aromatic ring is 1. The SMILES string of the molecule is C.CC.CC.CC.CC.CC.CC.CC.CC.CCNc1nccc(-c2c(-c3cccc(N)c3)nn3ccccc23)n1.CCNc1nccc(-c2c(-c3cccc([N+](=O)[O-])c3)nn3ccccc23)n1.[B].[B].[I][V][I]. The standard InChI is InChI=1S/C19H16N6O2.C19H18N6.8C2H6.CH4.2B.2HI.V/c1-2-20-19-21-10-9-15(22-19)17-16-8-3-4-11-24(16)23-18(17)13-6-5-7-14(12-13)25(26)27;1-2-21-19-22-10-9-15(23-19)17-16-8-3-4-11-25(16)24-18(17)13-6-5-7-14(20)12-13;8*1-2;;;;;;/h3-12H,2H2,1H3,(H,20,21,22);3-12H,2,20H2,1H3,(H,21,22,23);8*1-2H3;1H4;;;2*1H;/q;;;;;;;;;;;;;;;+2/p-2. The van der Waals surface area contributed by atoms with Gasteiger partial charge in [0, 0.05) is 83.6 Å². The molecule has 0 saturated carbocycles. The van der Waals surface area contributed by atoms with E-state index in [0.29, 0.717) is 50.5 Å². The number of benzene rings is 2. The van der Waals surface area contributed by atoms with Gasteiger partial charge in [0.25, 0.3) is 5.69 Å². The molecule has 74 heavy (non-hydrogen) atoms. The molecule has 19 heteroatoms. The fourth-order valence-electron chi connectivity index (χ4n) is 5.84. The number of fused-ring (bicyclic) bond motifs is 2. The molecule has 0 spiro atoms. The van der Waals surface area contributed by atoms with Crippen LogP contribution in [0.25, 0.3) is 56.1 Å². The van der Waals surface area contributed by atoms with Gasteiger partial charge in [0.05, 0.1) is 38.5 Å². The number of halogens is 2. The molecule has 6 heterocycles. The minimum atomic E-state index is -0.410. The van der Waals surface area contributed by atoms with Gasteiger partial charge in [0.2, 0.25) is 11.9 Å². The van der Waals surface area contributed by atoms with E-state index in [4.69, 9.17) is 10.8 Å². The monoisotopic (exact) mass is 1270 g/mol. The van der Waals surface area contributed by atoms with E-state index in [-0.39, 0.29) is 29.9 Å². The van der Waals surface area contributed by atoms with Crippen LogP contribution in [0.2, 0.25) is 0 Å². The molecule has 14 nitrogen and oxygen atoms in total. The van der Waals surface area contributed by atoms with Gasteiger partial charge in [0.1, 0.15) is 11.4 Å². The number of hydrogen-bond acceptors (Lipinski definition) is 11. The minimum absolute atomic E-state index is 0. The molecule has 0 bridgehead atoms. The molecule has 0 unspecified atom stereocenters. The van der Waals surface area contributed by atoms with Crippen LogP contribution in [0.1, 0.15) is 132 Å². The van der Waals surface area contributed by atoms with E-state index in [1.807, 2.05) is 220 Å². The molecule has 6 aromatic heterocycles. The van der Waals surface area contributed by atoms with Crippen molar-refractivity contribution in [3.8, 4) is 45.0 Å². The Morgan fingerprint density at radius 2 is 0.932 bits per heavy atom. The predicted molar refractivity (Wildman–Crippen MR) is 340 cm³/mol. The van der Waals surface area contributed by atoms with Crippen molar-refractivity contribution in [2.24, 2.45) is 0 Å². The van der Waals surface area contributed by atoms with E-state index in [0.717, 1.165) is 45.7 Å². The Morgan fingerprint density at radius 3 is 1.28 bits per heavy atom. The van der Waals surface area contributed by atoms with Gasteiger partial charge in [-0.3, -0.25) is 10.1 Å². The number of pyridine rings is 2. The van der Waals surface area contributed by atoms with E-state index in [9.17, 15) is 10.1 Å². The first kappa shape index (κ1) is 80.3. The number of aromatic nitrogens is 8. The van der Waals surface area contributed by atoms with Crippen molar-refractivity contribution >= 4 is 91.1 Å². The van der Waals surface area contributed by atoms with Crippen molar-refractivity contribution in [3.05, 3.63) is 132 Å². The molecule has 6 radical (unpaired) electrons. The summed E-state index contributed by atoms with van der Waals surface area (Å²) < 4.78 is 3.61. The van der Waals surface area contributed by atoms with E-state index in [2.05, 4.69) is 75.6 Å². The first-order valence-electron chi connectivity index (χ1n) is 25.0. The van der Waals surface area contributed by atoms with Gasteiger partial charge in [-0.15, -0.1) is 0 Å². The van der Waals surface area contributed by atoms with Gasteiger partial charge in [-0.2, -0.15) is 10.2 Å². The molecule has 0 fully saturated rings. The summed E-state index contributed by atoms with van der Waals surface area (Å²) in [5, 5.41) is 26.8. The van der Waals surface area contributed by atoms with E-state index in [1.54, 1.807) is 23.0 Å². The molecule has 0 aliphatic carbocycles. The molecule has 0 amide bonds. The Balaban J connectivity index is -0.000000229. The Morgan fingerprint density at radius 1 is 0.568 bits per heavy atom. The summed E-state index contributed by atoms with van der Waals surface area (Å²) >= 11 is 4.74. The van der Waals surface area contributed by atoms with Crippen LogP contribution >= 0.6 is 40.0 Å². The van der Waals surface area contributed by atoms with Crippen molar-refractivity contribution in [3.63, 3.8) is 0 Å². The fraction of sp³-hybridized carbons (Fsp3) is 0.382. The summed E-state index contributed by atoms with van der Waals surface area (Å²) in [4.78, 5) is 28.5. The Hall–Kier alpha value is -5.05. The van der Waals surface area contributed by atoms with E-state index >= 15 is 0 Å². The summed E-state index contributed by atoms with van der Waals surface area (Å²) in [6.07, 6.45) is 7.22. The number of anilines is 3. The third-order valence-electron chi connectivity index (χ3n) is 8.06. The molecule has 8 rings (SSSR count). The number of hydrogen-bond donors (Lipinski definition) is 3. The topological polar surface area (TPSA) is 179 Å². The Bertz CT molecular complexity index is 2580. The predicted octanol–water partition coefficient (Wildman–Crippen LogP) is 17.1. The van der Waals surface area contributed by atoms with Gasteiger partial charge in [0.15, 0.2) is 0 Å². The average molecular weight is 1270 g/mol. The zero-order valence-corrected chi connectivity index (χ0v) is 52.4. The van der Waals surface area contributed by atoms with Crippen LogP contribution < -0.4 is 16.4 Å². The zero-order valence-electron chi connectivity index (χ0n) is 46.7. The molecule has 0 aliphatic heterocycles. The maximum atomic E-state index is 11.2. The fourth-order valence-corrected chi connectivity index (χ4v) is 5.84. The number of nitrogens with two attached hydrogens (primary N) is 1. The van der Waals surface area contributed by atoms with Crippen LogP contribution in [0.3, 0.4) is 0 Å². The van der Waals surface area contributed by atoms with Crippen LogP contribution in [0.15, 0.2) is 122 Å². The van der Waals surface area contributed by atoms with E-state index < -0.39 is 4.92 Å². The number of rotatable bonds is 9. The van der Waals surface area contributed by atoms with Gasteiger partial charge in [-0.05, 0) is 62.4 Å². The van der Waals surface area contributed by atoms with Crippen LogP contribution in [0.4, 0.5) is 23.3 Å². The van der Waals surface area contributed by atoms with Crippen LogP contribution in [0, 0.1) is 10.1 Å².